The topological polar surface area (TPSA) is 64.5 Å². The van der Waals surface area contributed by atoms with Gasteiger partial charge >= 0.3 is 0 Å². The van der Waals surface area contributed by atoms with E-state index < -0.39 is 87.4 Å². The second-order valence-corrected chi connectivity index (χ2v) is 59.8. The number of aromatic nitrogens is 5. The van der Waals surface area contributed by atoms with Crippen LogP contribution in [0.15, 0.2) is 152 Å². The van der Waals surface area contributed by atoms with E-state index in [-0.39, 0.29) is 123 Å². The Kier molecular flexibility index (Phi) is 29.6. The largest absolute Gasteiger partial charge is 0.305 e. The zero-order valence-electron chi connectivity index (χ0n) is 86.9. The van der Waals surface area contributed by atoms with Crippen molar-refractivity contribution < 1.29 is 127 Å². The molecule has 0 amide bonds. The molecule has 15 heteroatoms. The number of rotatable bonds is 16. The van der Waals surface area contributed by atoms with Gasteiger partial charge in [0.25, 0.3) is 0 Å². The Balaban J connectivity index is 0.000000537. The van der Waals surface area contributed by atoms with Gasteiger partial charge in [0.2, 0.25) is 0 Å². The molecule has 0 N–H and O–H groups in total. The Labute approximate surface area is 761 Å². The molecule has 0 saturated heterocycles. The molecule has 597 valence electrons. The molecule has 1 aliphatic carbocycles. The Morgan fingerprint density at radius 3 is 0.982 bits per heavy atom. The Bertz CT molecular complexity index is 5130. The first-order valence-electron chi connectivity index (χ1n) is 46.2. The van der Waals surface area contributed by atoms with Crippen LogP contribution in [0.3, 0.4) is 0 Å². The molecule has 5 nitrogen and oxygen atoms in total. The summed E-state index contributed by atoms with van der Waals surface area (Å²) in [4.78, 5) is 22.8. The Morgan fingerprint density at radius 1 is 0.385 bits per heavy atom. The van der Waals surface area contributed by atoms with Gasteiger partial charge in [0.05, 0.1) is 40.4 Å². The molecular formula is C94H126Ir5N5Si5-5. The fourth-order valence-corrected chi connectivity index (χ4v) is 20.7. The quantitative estimate of drug-likeness (QED) is 0.0712. The van der Waals surface area contributed by atoms with Crippen LogP contribution in [0.2, 0.25) is 98.2 Å². The fourth-order valence-electron chi connectivity index (χ4n) is 13.0. The zero-order chi connectivity index (χ0) is 92.8. The van der Waals surface area contributed by atoms with Crippen molar-refractivity contribution in [2.24, 2.45) is 17.3 Å². The second-order valence-electron chi connectivity index (χ2n) is 34.6. The molecular weight excluding hydrogens is 2300 g/mol. The van der Waals surface area contributed by atoms with Crippen LogP contribution in [0, 0.1) is 88.7 Å². The predicted octanol–water partition coefficient (Wildman–Crippen LogP) is 23.0. The van der Waals surface area contributed by atoms with Gasteiger partial charge < -0.3 is 24.9 Å². The molecule has 0 aliphatic heterocycles. The summed E-state index contributed by atoms with van der Waals surface area (Å²) in [6, 6.07) is 50.0. The van der Waals surface area contributed by atoms with Crippen molar-refractivity contribution in [3.05, 3.63) is 238 Å². The number of aryl methyl sites for hydroxylation is 6. The molecule has 0 unspecified atom stereocenters. The summed E-state index contributed by atoms with van der Waals surface area (Å²) in [5.41, 5.74) is 12.2. The zero-order valence-corrected chi connectivity index (χ0v) is 84.9. The molecule has 0 atom stereocenters. The van der Waals surface area contributed by atoms with Crippen LogP contribution in [0.4, 0.5) is 0 Å². The van der Waals surface area contributed by atoms with Gasteiger partial charge in [-0.05, 0) is 104 Å². The third kappa shape index (κ3) is 30.1. The molecule has 0 bridgehead atoms. The van der Waals surface area contributed by atoms with E-state index in [0.29, 0.717) is 73.2 Å². The minimum Gasteiger partial charge on any atom is -0.305 e. The number of nitrogens with zero attached hydrogens (tertiary/aromatic N) is 5. The summed E-state index contributed by atoms with van der Waals surface area (Å²) in [6.07, 6.45) is 17.6. The van der Waals surface area contributed by atoms with Crippen molar-refractivity contribution in [1.29, 1.82) is 0 Å². The summed E-state index contributed by atoms with van der Waals surface area (Å²) in [6.45, 7) is 35.3. The van der Waals surface area contributed by atoms with E-state index in [9.17, 15) is 0 Å². The van der Waals surface area contributed by atoms with Crippen LogP contribution < -0.4 is 25.9 Å². The van der Waals surface area contributed by atoms with Crippen LogP contribution in [0.25, 0.3) is 56.3 Å². The van der Waals surface area contributed by atoms with E-state index in [1.807, 2.05) is 44.7 Å². The molecule has 5 aromatic carbocycles. The van der Waals surface area contributed by atoms with E-state index in [1.54, 1.807) is 91.1 Å². The van der Waals surface area contributed by atoms with Gasteiger partial charge in [-0.25, -0.2) is 0 Å². The number of pyridine rings is 5. The third-order valence-electron chi connectivity index (χ3n) is 18.2. The summed E-state index contributed by atoms with van der Waals surface area (Å²) in [5, 5.41) is 6.00. The molecule has 1 fully saturated rings. The molecule has 11 rings (SSSR count). The van der Waals surface area contributed by atoms with Crippen molar-refractivity contribution in [1.82, 2.24) is 24.9 Å². The van der Waals surface area contributed by atoms with E-state index >= 15 is 0 Å². The number of hydrogen-bond acceptors (Lipinski definition) is 5. The Hall–Kier alpha value is -3.82. The smallest absolute Gasteiger partial charge is 0.0799 e. The van der Waals surface area contributed by atoms with Gasteiger partial charge in [-0.15, -0.1) is 177 Å². The molecule has 10 aromatic rings. The maximum atomic E-state index is 8.50. The normalized spacial score (nSPS) is 15.7. The summed E-state index contributed by atoms with van der Waals surface area (Å²) in [5.74, 6) is 0.516. The van der Waals surface area contributed by atoms with Crippen molar-refractivity contribution in [2.45, 2.75) is 239 Å². The average molecular weight is 2450 g/mol. The van der Waals surface area contributed by atoms with Crippen molar-refractivity contribution >= 4 is 66.3 Å². The maximum absolute atomic E-state index is 8.50. The minimum absolute atomic E-state index is 0. The summed E-state index contributed by atoms with van der Waals surface area (Å²) < 4.78 is 148. The van der Waals surface area contributed by atoms with Gasteiger partial charge in [0.15, 0.2) is 0 Å². The molecule has 109 heavy (non-hydrogen) atoms. The van der Waals surface area contributed by atoms with Crippen molar-refractivity contribution in [3.63, 3.8) is 0 Å². The minimum atomic E-state index is -2.31. The predicted molar refractivity (Wildman–Crippen MR) is 467 cm³/mol. The van der Waals surface area contributed by atoms with Crippen LogP contribution in [0.5, 0.6) is 0 Å². The molecule has 5 aromatic heterocycles. The number of hydrogen-bond donors (Lipinski definition) is 0. The van der Waals surface area contributed by atoms with Gasteiger partial charge in [-0.2, -0.15) is 0 Å². The average Bonchev–Trinajstić information content (AvgIpc) is 0.795. The van der Waals surface area contributed by atoms with E-state index in [4.69, 9.17) is 26.0 Å². The monoisotopic (exact) mass is 2450 g/mol. The van der Waals surface area contributed by atoms with Gasteiger partial charge in [0, 0.05) is 158 Å². The van der Waals surface area contributed by atoms with Crippen molar-refractivity contribution in [2.75, 3.05) is 0 Å². The third-order valence-corrected chi connectivity index (χ3v) is 28.5. The van der Waals surface area contributed by atoms with Crippen LogP contribution in [-0.2, 0) is 120 Å². The van der Waals surface area contributed by atoms with Crippen LogP contribution in [-0.4, -0.2) is 65.3 Å². The first-order valence-corrected chi connectivity index (χ1v) is 54.2. The molecule has 5 heterocycles. The fraction of sp³-hybridized carbons (Fsp3) is 0.415. The number of benzene rings is 5. The van der Waals surface area contributed by atoms with E-state index in [1.165, 1.54) is 70.1 Å². The van der Waals surface area contributed by atoms with Gasteiger partial charge in [-0.3, -0.25) is 0 Å². The molecule has 1 saturated carbocycles. The SMILES string of the molecule is [2H]C([2H])([2H])c1ccc[c-]c1-c1cc(C([2H])(C)C)c([Si](C)(C)C)cn1.[2H]C([2H])([2H])c1ccc[c-]c1-c1cc(C([2H])([2H])[2H])c([Si](C)(C)C)cn1.[2H]C([2H])([2H])c1ccc[c-]c1-c1cc(CC(C)(C)C)c([Si](C)(C)C)cn1.[2H]C([2H])([2H])c1ccc[c-]c1-c1cc(CC(C)C)c([Si](C)(C)C)cn1.[2H]C([2H])([2H])c1ccc[c-]c1-c1cc(CC2CCCC2)c([Si](C)(C)C)cn1.[Ir].[Ir].[Ir].[Ir].[Ir]. The van der Waals surface area contributed by atoms with E-state index in [0.717, 1.165) is 46.8 Å². The second kappa shape index (κ2) is 44.3. The summed E-state index contributed by atoms with van der Waals surface area (Å²) in [7, 11) is -8.12. The van der Waals surface area contributed by atoms with Crippen molar-refractivity contribution in [3.8, 4) is 56.3 Å². The molecule has 5 radical (unpaired) electrons. The van der Waals surface area contributed by atoms with Gasteiger partial charge in [0.1, 0.15) is 0 Å². The first-order chi connectivity index (χ1) is 56.1. The molecule has 0 spiro atoms. The first kappa shape index (κ1) is 72.9. The summed E-state index contributed by atoms with van der Waals surface area (Å²) >= 11 is 0. The van der Waals surface area contributed by atoms with Gasteiger partial charge in [-0.1, -0.05) is 265 Å². The van der Waals surface area contributed by atoms with Crippen LogP contribution >= 0.6 is 0 Å². The Morgan fingerprint density at radius 2 is 0.670 bits per heavy atom. The standard InChI is InChI=1S/C21H28NSi.C20H28NSi.C19H26NSi.C18H24NSi.C16H20NSi.5Ir/c1-16-9-5-8-12-19(16)20-14-18(13-17-10-6-7-11-17)21(15-22-20)23(2,3)4;1-15-10-8-9-11-17(15)18-12-16(13-20(2,3)4)19(14-21-18)22(5,6)7;1-14(2)11-16-12-18(17-10-8-7-9-15(17)3)20-13-19(16)21(4,5)6;1-13(2)16-11-17(15-10-8-7-9-14(15)3)19-12-18(16)20(4,5)6;1-12-8-6-7-9-14(12)15-10-13(2)16(11-17-15)18(3,4)5;;;;;/h5,8-9,14-15,17H,6-7,10-11,13H2,1-4H3;8-10,12,14H,13H2,1-7H3;7-9,12-14H,11H2,1-6H3;7-9,11-13H,1-6H3;6-8,10-11H,1-5H3;;;;;/q5*-1;;;;;/i2*1D3;3D3;3D3,13D;1D3,2D3;;;;;. The maximum Gasteiger partial charge on any atom is 0.0799 e. The molecule has 1 aliphatic rings. The van der Waals surface area contributed by atoms with E-state index in [2.05, 4.69) is 206 Å². The van der Waals surface area contributed by atoms with Crippen LogP contribution in [0.1, 0.15) is 162 Å².